The van der Waals surface area contributed by atoms with Crippen molar-refractivity contribution in [3.05, 3.63) is 33.4 Å². The molecule has 1 aromatic rings. The highest BCUT2D eigenvalue weighted by Crippen LogP contribution is 2.15. The summed E-state index contributed by atoms with van der Waals surface area (Å²) in [5.74, 6) is 0.431. The van der Waals surface area contributed by atoms with Gasteiger partial charge in [0.05, 0.1) is 0 Å². The van der Waals surface area contributed by atoms with E-state index in [9.17, 15) is 5.11 Å². The number of rotatable bonds is 5. The number of aliphatic hydroxyl groups excluding tert-OH is 1. The van der Waals surface area contributed by atoms with Crippen molar-refractivity contribution in [2.45, 2.75) is 26.2 Å². The summed E-state index contributed by atoms with van der Waals surface area (Å²) in [6.07, 6.45) is 3.26. The van der Waals surface area contributed by atoms with Gasteiger partial charge in [0.1, 0.15) is 0 Å². The van der Waals surface area contributed by atoms with E-state index in [1.807, 2.05) is 0 Å². The Morgan fingerprint density at radius 2 is 1.93 bits per heavy atom. The normalized spacial score (nSPS) is 12.8. The van der Waals surface area contributed by atoms with Gasteiger partial charge < -0.3 is 5.11 Å². The Bertz CT molecular complexity index is 256. The first-order valence-electron chi connectivity index (χ1n) is 5.11. The zero-order valence-corrected chi connectivity index (χ0v) is 10.7. The van der Waals surface area contributed by atoms with Crippen molar-refractivity contribution in [1.29, 1.82) is 0 Å². The van der Waals surface area contributed by atoms with E-state index in [1.54, 1.807) is 0 Å². The smallest absolute Gasteiger partial charge is 0.0462 e. The predicted octanol–water partition coefficient (Wildman–Crippen LogP) is 3.24. The number of halogens is 1. The molecule has 78 valence electrons. The van der Waals surface area contributed by atoms with Crippen LogP contribution in [0.25, 0.3) is 0 Å². The molecule has 0 aliphatic rings. The van der Waals surface area contributed by atoms with E-state index in [1.165, 1.54) is 9.13 Å². The molecule has 1 N–H and O–H groups in total. The van der Waals surface area contributed by atoms with E-state index in [0.717, 1.165) is 19.3 Å². The van der Waals surface area contributed by atoms with Crippen LogP contribution in [0.2, 0.25) is 0 Å². The average molecular weight is 304 g/mol. The first-order valence-corrected chi connectivity index (χ1v) is 6.19. The minimum Gasteiger partial charge on any atom is -0.396 e. The third-order valence-corrected chi connectivity index (χ3v) is 3.11. The van der Waals surface area contributed by atoms with Gasteiger partial charge in [-0.25, -0.2) is 0 Å². The molecule has 0 radical (unpaired) electrons. The second kappa shape index (κ2) is 6.40. The van der Waals surface area contributed by atoms with Crippen LogP contribution in [0.15, 0.2) is 24.3 Å². The lowest BCUT2D eigenvalue weighted by Gasteiger charge is -2.12. The van der Waals surface area contributed by atoms with Gasteiger partial charge in [0.15, 0.2) is 0 Å². The molecule has 0 saturated carbocycles. The molecule has 0 bridgehead atoms. The maximum atomic E-state index is 9.17. The summed E-state index contributed by atoms with van der Waals surface area (Å²) >= 11 is 2.31. The predicted molar refractivity (Wildman–Crippen MR) is 68.3 cm³/mol. The van der Waals surface area contributed by atoms with Crippen LogP contribution in [0, 0.1) is 9.49 Å². The lowest BCUT2D eigenvalue weighted by molar-refractivity contribution is 0.217. The average Bonchev–Trinajstić information content (AvgIpc) is 2.20. The number of benzene rings is 1. The van der Waals surface area contributed by atoms with E-state index in [4.69, 9.17) is 0 Å². The summed E-state index contributed by atoms with van der Waals surface area (Å²) in [6, 6.07) is 8.55. The minimum atomic E-state index is 0.305. The van der Waals surface area contributed by atoms with Gasteiger partial charge >= 0.3 is 0 Å². The maximum absolute atomic E-state index is 9.17. The topological polar surface area (TPSA) is 20.2 Å². The Labute approximate surface area is 99.7 Å². The number of aliphatic hydroxyl groups is 1. The lowest BCUT2D eigenvalue weighted by atomic mass is 9.96. The third-order valence-electron chi connectivity index (χ3n) is 2.39. The van der Waals surface area contributed by atoms with Crippen molar-refractivity contribution in [2.75, 3.05) is 6.61 Å². The monoisotopic (exact) mass is 304 g/mol. The van der Waals surface area contributed by atoms with Gasteiger partial charge in [0.2, 0.25) is 0 Å². The van der Waals surface area contributed by atoms with Crippen LogP contribution >= 0.6 is 22.6 Å². The Balaban J connectivity index is 2.53. The van der Waals surface area contributed by atoms with E-state index in [-0.39, 0.29) is 0 Å². The molecule has 1 atom stereocenters. The molecule has 0 aliphatic carbocycles. The van der Waals surface area contributed by atoms with Crippen molar-refractivity contribution < 1.29 is 5.11 Å². The first-order chi connectivity index (χ1) is 6.76. The summed E-state index contributed by atoms with van der Waals surface area (Å²) in [7, 11) is 0. The van der Waals surface area contributed by atoms with E-state index < -0.39 is 0 Å². The van der Waals surface area contributed by atoms with Crippen LogP contribution < -0.4 is 0 Å². The standard InChI is InChI=1S/C12H17IO/c1-2-3-11(9-14)8-10-4-6-12(13)7-5-10/h4-7,11,14H,2-3,8-9H2,1H3. The molecular formula is C12H17IO. The van der Waals surface area contributed by atoms with Crippen LogP contribution in [0.5, 0.6) is 0 Å². The van der Waals surface area contributed by atoms with Crippen molar-refractivity contribution in [3.63, 3.8) is 0 Å². The van der Waals surface area contributed by atoms with Crippen LogP contribution in [0.4, 0.5) is 0 Å². The Kier molecular flexibility index (Phi) is 5.48. The Morgan fingerprint density at radius 1 is 1.29 bits per heavy atom. The van der Waals surface area contributed by atoms with Gasteiger partial charge in [-0.05, 0) is 59.0 Å². The molecular weight excluding hydrogens is 287 g/mol. The van der Waals surface area contributed by atoms with Crippen LogP contribution in [-0.2, 0) is 6.42 Å². The highest BCUT2D eigenvalue weighted by atomic mass is 127. The first kappa shape index (κ1) is 12.0. The molecule has 0 amide bonds. The molecule has 0 saturated heterocycles. The number of hydrogen-bond acceptors (Lipinski definition) is 1. The van der Waals surface area contributed by atoms with Crippen molar-refractivity contribution in [2.24, 2.45) is 5.92 Å². The second-order valence-electron chi connectivity index (χ2n) is 3.67. The van der Waals surface area contributed by atoms with Crippen LogP contribution in [0.1, 0.15) is 25.3 Å². The zero-order valence-electron chi connectivity index (χ0n) is 8.54. The summed E-state index contributed by atoms with van der Waals surface area (Å²) < 4.78 is 1.27. The fourth-order valence-electron chi connectivity index (χ4n) is 1.62. The zero-order chi connectivity index (χ0) is 10.4. The Hall–Kier alpha value is -0.0900. The highest BCUT2D eigenvalue weighted by molar-refractivity contribution is 14.1. The van der Waals surface area contributed by atoms with Gasteiger partial charge in [-0.15, -0.1) is 0 Å². The largest absolute Gasteiger partial charge is 0.396 e. The fourth-order valence-corrected chi connectivity index (χ4v) is 1.98. The van der Waals surface area contributed by atoms with Crippen LogP contribution in [0.3, 0.4) is 0 Å². The molecule has 0 aliphatic heterocycles. The fraction of sp³-hybridized carbons (Fsp3) is 0.500. The highest BCUT2D eigenvalue weighted by Gasteiger charge is 2.06. The van der Waals surface area contributed by atoms with Gasteiger partial charge in [-0.3, -0.25) is 0 Å². The summed E-state index contributed by atoms with van der Waals surface area (Å²) in [5, 5.41) is 9.17. The molecule has 14 heavy (non-hydrogen) atoms. The van der Waals surface area contributed by atoms with Gasteiger partial charge in [-0.2, -0.15) is 0 Å². The summed E-state index contributed by atoms with van der Waals surface area (Å²) in [5.41, 5.74) is 1.33. The van der Waals surface area contributed by atoms with E-state index >= 15 is 0 Å². The van der Waals surface area contributed by atoms with Gasteiger partial charge in [-0.1, -0.05) is 25.5 Å². The molecule has 0 aromatic heterocycles. The summed E-state index contributed by atoms with van der Waals surface area (Å²) in [4.78, 5) is 0. The van der Waals surface area contributed by atoms with E-state index in [0.29, 0.717) is 12.5 Å². The Morgan fingerprint density at radius 3 is 2.43 bits per heavy atom. The molecule has 0 heterocycles. The SMILES string of the molecule is CCCC(CO)Cc1ccc(I)cc1. The molecule has 1 aromatic carbocycles. The van der Waals surface area contributed by atoms with E-state index in [2.05, 4.69) is 53.8 Å². The minimum absolute atomic E-state index is 0.305. The molecule has 1 nitrogen and oxygen atoms in total. The van der Waals surface area contributed by atoms with Crippen molar-refractivity contribution in [3.8, 4) is 0 Å². The molecule has 1 unspecified atom stereocenters. The number of hydrogen-bond donors (Lipinski definition) is 1. The molecule has 1 rings (SSSR count). The van der Waals surface area contributed by atoms with Gasteiger partial charge in [0, 0.05) is 10.2 Å². The van der Waals surface area contributed by atoms with Crippen molar-refractivity contribution >= 4 is 22.6 Å². The lowest BCUT2D eigenvalue weighted by Crippen LogP contribution is -2.09. The maximum Gasteiger partial charge on any atom is 0.0462 e. The summed E-state index contributed by atoms with van der Waals surface area (Å²) in [6.45, 7) is 2.47. The van der Waals surface area contributed by atoms with Crippen molar-refractivity contribution in [1.82, 2.24) is 0 Å². The molecule has 2 heteroatoms. The molecule has 0 fully saturated rings. The third kappa shape index (κ3) is 3.96. The quantitative estimate of drug-likeness (QED) is 0.828. The molecule has 0 spiro atoms. The van der Waals surface area contributed by atoms with Gasteiger partial charge in [0.25, 0.3) is 0 Å². The van der Waals surface area contributed by atoms with Crippen LogP contribution in [-0.4, -0.2) is 11.7 Å². The second-order valence-corrected chi connectivity index (χ2v) is 4.91.